The van der Waals surface area contributed by atoms with Gasteiger partial charge >= 0.3 is 6.03 Å². The number of fused-ring (bicyclic) bond motifs is 1. The number of hydrogen-bond donors (Lipinski definition) is 2. The molecule has 136 valence electrons. The first-order chi connectivity index (χ1) is 12.1. The minimum Gasteiger partial charge on any atom is -0.359 e. The van der Waals surface area contributed by atoms with E-state index >= 15 is 0 Å². The molecule has 1 aliphatic rings. The van der Waals surface area contributed by atoms with Gasteiger partial charge in [0, 0.05) is 30.3 Å². The van der Waals surface area contributed by atoms with Crippen molar-refractivity contribution in [3.8, 4) is 0 Å². The Morgan fingerprint density at radius 1 is 1.44 bits per heavy atom. The molecule has 0 fully saturated rings. The summed E-state index contributed by atoms with van der Waals surface area (Å²) in [5, 5.41) is 14.3. The first kappa shape index (κ1) is 17.5. The Balaban J connectivity index is 1.54. The fourth-order valence-electron chi connectivity index (χ4n) is 3.54. The van der Waals surface area contributed by atoms with E-state index in [4.69, 9.17) is 4.52 Å². The summed E-state index contributed by atoms with van der Waals surface area (Å²) >= 11 is 0. The van der Waals surface area contributed by atoms with Crippen molar-refractivity contribution in [2.75, 3.05) is 0 Å². The highest BCUT2D eigenvalue weighted by atomic mass is 16.5. The fourth-order valence-corrected chi connectivity index (χ4v) is 3.54. The summed E-state index contributed by atoms with van der Waals surface area (Å²) < 4.78 is 7.24. The lowest BCUT2D eigenvalue weighted by Crippen LogP contribution is -2.38. The number of urea groups is 1. The highest BCUT2D eigenvalue weighted by Gasteiger charge is 2.24. The Kier molecular flexibility index (Phi) is 5.40. The Morgan fingerprint density at radius 3 is 3.00 bits per heavy atom. The van der Waals surface area contributed by atoms with E-state index in [1.54, 1.807) is 0 Å². The summed E-state index contributed by atoms with van der Waals surface area (Å²) in [6, 6.07) is 1.77. The molecule has 2 heterocycles. The van der Waals surface area contributed by atoms with Crippen LogP contribution in [-0.4, -0.2) is 21.0 Å². The molecular formula is C18H27N5O2. The van der Waals surface area contributed by atoms with Gasteiger partial charge < -0.3 is 15.2 Å². The number of hydrogen-bond acceptors (Lipinski definition) is 4. The molecule has 2 amide bonds. The average molecular weight is 345 g/mol. The lowest BCUT2D eigenvalue weighted by atomic mass is 9.93. The first-order valence-corrected chi connectivity index (χ1v) is 9.13. The molecule has 0 spiro atoms. The standard InChI is InChI=1S/C18H27N5O2/c1-4-12(5-2)16-9-13(25-22-16)10-19-18(24)21-15-7-6-8-17-14(15)11-20-23(17)3/h9,11-12,15H,4-8,10H2,1-3H3,(H2,19,21,24)/t15-/m1/s1. The summed E-state index contributed by atoms with van der Waals surface area (Å²) in [6.07, 6.45) is 6.93. The van der Waals surface area contributed by atoms with Crippen LogP contribution in [0.25, 0.3) is 0 Å². The Hall–Kier alpha value is -2.31. The molecule has 7 nitrogen and oxygen atoms in total. The van der Waals surface area contributed by atoms with E-state index in [1.165, 1.54) is 5.69 Å². The van der Waals surface area contributed by atoms with E-state index in [9.17, 15) is 4.79 Å². The zero-order valence-corrected chi connectivity index (χ0v) is 15.2. The summed E-state index contributed by atoms with van der Waals surface area (Å²) in [4.78, 5) is 12.2. The number of aryl methyl sites for hydroxylation is 1. The lowest BCUT2D eigenvalue weighted by molar-refractivity contribution is 0.233. The van der Waals surface area contributed by atoms with Gasteiger partial charge in [-0.25, -0.2) is 4.79 Å². The van der Waals surface area contributed by atoms with Gasteiger partial charge in [0.1, 0.15) is 0 Å². The van der Waals surface area contributed by atoms with Gasteiger partial charge in [0.05, 0.1) is 24.5 Å². The molecular weight excluding hydrogens is 318 g/mol. The van der Waals surface area contributed by atoms with Crippen LogP contribution >= 0.6 is 0 Å². The lowest BCUT2D eigenvalue weighted by Gasteiger charge is -2.23. The molecule has 1 atom stereocenters. The van der Waals surface area contributed by atoms with Crippen molar-refractivity contribution < 1.29 is 9.32 Å². The Labute approximate surface area is 148 Å². The number of carbonyl (C=O) groups excluding carboxylic acids is 1. The van der Waals surface area contributed by atoms with Crippen LogP contribution in [0.5, 0.6) is 0 Å². The van der Waals surface area contributed by atoms with Crippen molar-refractivity contribution in [3.05, 3.63) is 35.0 Å². The van der Waals surface area contributed by atoms with Crippen molar-refractivity contribution in [2.45, 2.75) is 64.5 Å². The Bertz CT molecular complexity index is 717. The Morgan fingerprint density at radius 2 is 2.24 bits per heavy atom. The van der Waals surface area contributed by atoms with E-state index in [0.717, 1.165) is 43.4 Å². The number of aromatic nitrogens is 3. The van der Waals surface area contributed by atoms with Gasteiger partial charge in [0.2, 0.25) is 0 Å². The van der Waals surface area contributed by atoms with E-state index in [1.807, 2.05) is 24.0 Å². The van der Waals surface area contributed by atoms with Crippen molar-refractivity contribution in [2.24, 2.45) is 7.05 Å². The monoisotopic (exact) mass is 345 g/mol. The van der Waals surface area contributed by atoms with E-state index < -0.39 is 0 Å². The second-order valence-electron chi connectivity index (χ2n) is 6.67. The maximum absolute atomic E-state index is 12.2. The number of nitrogens with zero attached hydrogens (tertiary/aromatic N) is 3. The highest BCUT2D eigenvalue weighted by Crippen LogP contribution is 2.29. The number of amides is 2. The maximum atomic E-state index is 12.2. The molecule has 2 aromatic heterocycles. The van der Waals surface area contributed by atoms with Crippen molar-refractivity contribution in [3.63, 3.8) is 0 Å². The first-order valence-electron chi connectivity index (χ1n) is 9.13. The summed E-state index contributed by atoms with van der Waals surface area (Å²) in [7, 11) is 1.95. The average Bonchev–Trinajstić information content (AvgIpc) is 3.23. The second kappa shape index (κ2) is 7.72. The van der Waals surface area contributed by atoms with Crippen molar-refractivity contribution >= 4 is 6.03 Å². The predicted molar refractivity (Wildman–Crippen MR) is 94.1 cm³/mol. The van der Waals surface area contributed by atoms with Crippen LogP contribution in [0.2, 0.25) is 0 Å². The van der Waals surface area contributed by atoms with Crippen LogP contribution in [0, 0.1) is 0 Å². The quantitative estimate of drug-likeness (QED) is 0.842. The van der Waals surface area contributed by atoms with Gasteiger partial charge in [-0.05, 0) is 32.1 Å². The van der Waals surface area contributed by atoms with Gasteiger partial charge in [-0.3, -0.25) is 4.68 Å². The number of nitrogens with one attached hydrogen (secondary N) is 2. The largest absolute Gasteiger partial charge is 0.359 e. The molecule has 0 aliphatic heterocycles. The predicted octanol–water partition coefficient (Wildman–Crippen LogP) is 3.19. The van der Waals surface area contributed by atoms with Crippen molar-refractivity contribution in [1.82, 2.24) is 25.6 Å². The van der Waals surface area contributed by atoms with Crippen molar-refractivity contribution in [1.29, 1.82) is 0 Å². The van der Waals surface area contributed by atoms with Crippen LogP contribution in [0.1, 0.15) is 74.2 Å². The smallest absolute Gasteiger partial charge is 0.315 e. The molecule has 2 aromatic rings. The molecule has 2 N–H and O–H groups in total. The van der Waals surface area contributed by atoms with Gasteiger partial charge in [-0.15, -0.1) is 0 Å². The molecule has 0 bridgehead atoms. The molecule has 3 rings (SSSR count). The van der Waals surface area contributed by atoms with Gasteiger partial charge in [-0.2, -0.15) is 5.10 Å². The van der Waals surface area contributed by atoms with E-state index in [0.29, 0.717) is 18.2 Å². The van der Waals surface area contributed by atoms with Crippen LogP contribution < -0.4 is 10.6 Å². The second-order valence-corrected chi connectivity index (χ2v) is 6.67. The molecule has 0 saturated carbocycles. The fraction of sp³-hybridized carbons (Fsp3) is 0.611. The molecule has 0 unspecified atom stereocenters. The summed E-state index contributed by atoms with van der Waals surface area (Å²) in [6.45, 7) is 4.63. The SMILES string of the molecule is CCC(CC)c1cc(CNC(=O)N[C@@H]2CCCc3c2cnn3C)on1. The summed E-state index contributed by atoms with van der Waals surface area (Å²) in [5.74, 6) is 1.10. The van der Waals surface area contributed by atoms with Gasteiger partial charge in [-0.1, -0.05) is 19.0 Å². The topological polar surface area (TPSA) is 85.0 Å². The number of rotatable bonds is 6. The normalized spacial score (nSPS) is 16.7. The molecule has 25 heavy (non-hydrogen) atoms. The summed E-state index contributed by atoms with van der Waals surface area (Å²) in [5.41, 5.74) is 3.30. The van der Waals surface area contributed by atoms with Crippen LogP contribution in [0.3, 0.4) is 0 Å². The third-order valence-corrected chi connectivity index (χ3v) is 5.09. The highest BCUT2D eigenvalue weighted by molar-refractivity contribution is 5.74. The van der Waals surface area contributed by atoms with E-state index in [-0.39, 0.29) is 12.1 Å². The molecule has 7 heteroatoms. The zero-order chi connectivity index (χ0) is 17.8. The maximum Gasteiger partial charge on any atom is 0.315 e. The van der Waals surface area contributed by atoms with Crippen LogP contribution in [0.4, 0.5) is 4.79 Å². The zero-order valence-electron chi connectivity index (χ0n) is 15.2. The molecule has 0 radical (unpaired) electrons. The molecule has 0 aromatic carbocycles. The minimum atomic E-state index is -0.192. The minimum absolute atomic E-state index is 0.0206. The van der Waals surface area contributed by atoms with Gasteiger partial charge in [0.15, 0.2) is 5.76 Å². The van der Waals surface area contributed by atoms with Crippen LogP contribution in [-0.2, 0) is 20.0 Å². The van der Waals surface area contributed by atoms with Gasteiger partial charge in [0.25, 0.3) is 0 Å². The molecule has 0 saturated heterocycles. The number of carbonyl (C=O) groups is 1. The third-order valence-electron chi connectivity index (χ3n) is 5.09. The van der Waals surface area contributed by atoms with E-state index in [2.05, 4.69) is 34.7 Å². The van der Waals surface area contributed by atoms with Crippen LogP contribution in [0.15, 0.2) is 16.8 Å². The third kappa shape index (κ3) is 3.86. The molecule has 1 aliphatic carbocycles.